The molecule has 1 unspecified atom stereocenters. The predicted molar refractivity (Wildman–Crippen MR) is 134 cm³/mol. The number of aromatic nitrogens is 2. The number of nitrogens with one attached hydrogen (secondary N) is 1. The third-order valence-electron chi connectivity index (χ3n) is 6.17. The Morgan fingerprint density at radius 2 is 2.21 bits per heavy atom. The summed E-state index contributed by atoms with van der Waals surface area (Å²) in [5.41, 5.74) is 4.24. The summed E-state index contributed by atoms with van der Waals surface area (Å²) in [6, 6.07) is 4.66. The molecule has 0 fully saturated rings. The topological polar surface area (TPSA) is 110 Å². The van der Waals surface area contributed by atoms with Gasteiger partial charge in [0.2, 0.25) is 0 Å². The second-order valence-electron chi connectivity index (χ2n) is 10.0. The average molecular weight is 484 g/mol. The van der Waals surface area contributed by atoms with Crippen LogP contribution in [0.25, 0.3) is 27.9 Å². The van der Waals surface area contributed by atoms with Gasteiger partial charge in [0, 0.05) is 49.6 Å². The molecule has 3 aromatic heterocycles. The van der Waals surface area contributed by atoms with Crippen LogP contribution in [0.2, 0.25) is 25.7 Å². The van der Waals surface area contributed by atoms with Crippen LogP contribution in [0.4, 0.5) is 4.79 Å². The molecule has 9 heteroatoms. The van der Waals surface area contributed by atoms with Crippen molar-refractivity contribution in [1.82, 2.24) is 14.9 Å². The molecule has 182 valence electrons. The standard InChI is InChI=1S/C25H33N3O5Si/c1-34(2,3)11-10-32-16-28-14-20(21-8-5-9-33-21)23-22(18(15-29)13-26-24(23)28)17-6-4-7-19(12-17)27-25(30)31/h5-6,8-9,13-14,19,27,29H,4,7,10-12,15-16H2,1-3H3,(H,30,31). The van der Waals surface area contributed by atoms with Gasteiger partial charge in [0.1, 0.15) is 18.1 Å². The first-order chi connectivity index (χ1) is 16.3. The SMILES string of the molecule is C[Si](C)(C)CCOCn1cc(-c2ccco2)c2c(C3=CCCC(NC(=O)O)C3)c(CO)cnc21. The van der Waals surface area contributed by atoms with Gasteiger partial charge in [-0.15, -0.1) is 0 Å². The highest BCUT2D eigenvalue weighted by Crippen LogP contribution is 2.40. The van der Waals surface area contributed by atoms with Crippen LogP contribution >= 0.6 is 0 Å². The van der Waals surface area contributed by atoms with Gasteiger partial charge in [0.25, 0.3) is 0 Å². The first-order valence-corrected chi connectivity index (χ1v) is 15.4. The minimum absolute atomic E-state index is 0.165. The molecule has 1 aliphatic rings. The smallest absolute Gasteiger partial charge is 0.404 e. The molecule has 3 heterocycles. The summed E-state index contributed by atoms with van der Waals surface area (Å²) in [5, 5.41) is 22.9. The lowest BCUT2D eigenvalue weighted by atomic mass is 9.86. The summed E-state index contributed by atoms with van der Waals surface area (Å²) < 4.78 is 13.8. The van der Waals surface area contributed by atoms with E-state index >= 15 is 0 Å². The zero-order valence-corrected chi connectivity index (χ0v) is 21.0. The van der Waals surface area contributed by atoms with E-state index in [2.05, 4.69) is 36.0 Å². The lowest BCUT2D eigenvalue weighted by Crippen LogP contribution is -2.34. The Morgan fingerprint density at radius 3 is 2.88 bits per heavy atom. The van der Waals surface area contributed by atoms with Gasteiger partial charge in [-0.05, 0) is 48.6 Å². The largest absolute Gasteiger partial charge is 0.465 e. The molecule has 4 rings (SSSR count). The Labute approximate surface area is 200 Å². The van der Waals surface area contributed by atoms with Crippen molar-refractivity contribution < 1.29 is 24.2 Å². The van der Waals surface area contributed by atoms with Gasteiger partial charge in [0.15, 0.2) is 0 Å². The number of amides is 1. The number of aliphatic hydroxyl groups is 1. The van der Waals surface area contributed by atoms with Crippen molar-refractivity contribution >= 4 is 30.8 Å². The number of carboxylic acid groups (broad SMARTS) is 1. The molecule has 0 spiro atoms. The maximum Gasteiger partial charge on any atom is 0.404 e. The normalized spacial score (nSPS) is 16.6. The van der Waals surface area contributed by atoms with E-state index in [9.17, 15) is 15.0 Å². The highest BCUT2D eigenvalue weighted by atomic mass is 28.3. The summed E-state index contributed by atoms with van der Waals surface area (Å²) in [6.07, 6.45) is 8.50. The molecule has 0 saturated carbocycles. The molecule has 8 nitrogen and oxygen atoms in total. The first kappa shape index (κ1) is 24.2. The summed E-state index contributed by atoms with van der Waals surface area (Å²) in [6.45, 7) is 7.87. The van der Waals surface area contributed by atoms with E-state index in [1.165, 1.54) is 0 Å². The zero-order valence-electron chi connectivity index (χ0n) is 20.0. The minimum atomic E-state index is -1.20. The van der Waals surface area contributed by atoms with Crippen LogP contribution in [0, 0.1) is 0 Å². The number of hydrogen-bond acceptors (Lipinski definition) is 5. The predicted octanol–water partition coefficient (Wildman–Crippen LogP) is 5.30. The Morgan fingerprint density at radius 1 is 1.38 bits per heavy atom. The molecule has 0 radical (unpaired) electrons. The molecule has 0 aromatic carbocycles. The minimum Gasteiger partial charge on any atom is -0.465 e. The van der Waals surface area contributed by atoms with Gasteiger partial charge in [-0.1, -0.05) is 25.7 Å². The quantitative estimate of drug-likeness (QED) is 0.281. The van der Waals surface area contributed by atoms with Crippen LogP contribution in [0.3, 0.4) is 0 Å². The van der Waals surface area contributed by atoms with Crippen LogP contribution in [-0.2, 0) is 18.1 Å². The molecular weight excluding hydrogens is 450 g/mol. The zero-order chi connectivity index (χ0) is 24.3. The number of furan rings is 1. The molecule has 0 saturated heterocycles. The summed E-state index contributed by atoms with van der Waals surface area (Å²) in [4.78, 5) is 15.9. The molecule has 0 aliphatic heterocycles. The lowest BCUT2D eigenvalue weighted by molar-refractivity contribution is 0.0899. The number of fused-ring (bicyclic) bond motifs is 1. The third kappa shape index (κ3) is 5.43. The fourth-order valence-corrected chi connectivity index (χ4v) is 5.21. The average Bonchev–Trinajstić information content (AvgIpc) is 3.43. The summed E-state index contributed by atoms with van der Waals surface area (Å²) in [5.74, 6) is 0.709. The van der Waals surface area contributed by atoms with Crippen molar-refractivity contribution in [2.24, 2.45) is 0 Å². The highest BCUT2D eigenvalue weighted by molar-refractivity contribution is 6.76. The van der Waals surface area contributed by atoms with Crippen molar-refractivity contribution in [3.8, 4) is 11.3 Å². The number of nitrogens with zero attached hydrogens (tertiary/aromatic N) is 2. The van der Waals surface area contributed by atoms with Crippen molar-refractivity contribution in [3.05, 3.63) is 48.0 Å². The van der Waals surface area contributed by atoms with Gasteiger partial charge in [-0.3, -0.25) is 0 Å². The van der Waals surface area contributed by atoms with Crippen molar-refractivity contribution in [2.75, 3.05) is 6.61 Å². The van der Waals surface area contributed by atoms with E-state index in [1.54, 1.807) is 12.5 Å². The Balaban J connectivity index is 1.78. The fourth-order valence-electron chi connectivity index (χ4n) is 4.45. The van der Waals surface area contributed by atoms with E-state index in [0.29, 0.717) is 31.1 Å². The van der Waals surface area contributed by atoms with Crippen molar-refractivity contribution in [3.63, 3.8) is 0 Å². The molecule has 1 atom stereocenters. The number of rotatable bonds is 9. The van der Waals surface area contributed by atoms with E-state index in [0.717, 1.165) is 46.6 Å². The molecule has 1 aliphatic carbocycles. The molecule has 0 bridgehead atoms. The number of pyridine rings is 1. The summed E-state index contributed by atoms with van der Waals surface area (Å²) >= 11 is 0. The molecule has 34 heavy (non-hydrogen) atoms. The summed E-state index contributed by atoms with van der Waals surface area (Å²) in [7, 11) is -1.20. The Hall–Kier alpha value is -2.88. The number of aliphatic hydroxyl groups excluding tert-OH is 1. The van der Waals surface area contributed by atoms with Gasteiger partial charge in [-0.2, -0.15) is 0 Å². The Kier molecular flexibility index (Phi) is 7.25. The highest BCUT2D eigenvalue weighted by Gasteiger charge is 2.25. The maximum absolute atomic E-state index is 11.2. The van der Waals surface area contributed by atoms with Crippen molar-refractivity contribution in [1.29, 1.82) is 0 Å². The van der Waals surface area contributed by atoms with E-state index in [-0.39, 0.29) is 12.6 Å². The number of carbonyl (C=O) groups is 1. The van der Waals surface area contributed by atoms with Crippen LogP contribution < -0.4 is 5.32 Å². The lowest BCUT2D eigenvalue weighted by Gasteiger charge is -2.24. The van der Waals surface area contributed by atoms with E-state index in [4.69, 9.17) is 9.15 Å². The van der Waals surface area contributed by atoms with Gasteiger partial charge in [0.05, 0.1) is 12.9 Å². The van der Waals surface area contributed by atoms with Crippen LogP contribution in [-0.4, -0.2) is 46.6 Å². The van der Waals surface area contributed by atoms with Crippen LogP contribution in [0.1, 0.15) is 30.4 Å². The van der Waals surface area contributed by atoms with Crippen LogP contribution in [0.5, 0.6) is 0 Å². The molecule has 3 aromatic rings. The second-order valence-corrected chi connectivity index (χ2v) is 15.6. The van der Waals surface area contributed by atoms with Crippen LogP contribution in [0.15, 0.2) is 41.3 Å². The third-order valence-corrected chi connectivity index (χ3v) is 7.87. The first-order valence-electron chi connectivity index (χ1n) is 11.7. The van der Waals surface area contributed by atoms with Gasteiger partial charge in [-0.25, -0.2) is 9.78 Å². The van der Waals surface area contributed by atoms with Crippen molar-refractivity contribution in [2.45, 2.75) is 64.3 Å². The van der Waals surface area contributed by atoms with E-state index in [1.807, 2.05) is 22.9 Å². The number of hydrogen-bond donors (Lipinski definition) is 3. The molecular formula is C25H33N3O5Si. The van der Waals surface area contributed by atoms with Gasteiger partial charge >= 0.3 is 6.09 Å². The van der Waals surface area contributed by atoms with E-state index < -0.39 is 14.2 Å². The number of allylic oxidation sites excluding steroid dienone is 1. The van der Waals surface area contributed by atoms with Gasteiger partial charge < -0.3 is 29.3 Å². The Bertz CT molecular complexity index is 1180. The monoisotopic (exact) mass is 483 g/mol. The molecule has 3 N–H and O–H groups in total. The molecule has 1 amide bonds. The number of ether oxygens (including phenoxy) is 1. The fraction of sp³-hybridized carbons (Fsp3) is 0.440. The second kappa shape index (κ2) is 10.2. The maximum atomic E-state index is 11.2.